The zero-order valence-corrected chi connectivity index (χ0v) is 12.2. The summed E-state index contributed by atoms with van der Waals surface area (Å²) in [6.07, 6.45) is 5.56. The predicted octanol–water partition coefficient (Wildman–Crippen LogP) is 4.61. The molecule has 1 unspecified atom stereocenters. The summed E-state index contributed by atoms with van der Waals surface area (Å²) in [4.78, 5) is 4.36. The van der Waals surface area contributed by atoms with Gasteiger partial charge in [-0.25, -0.2) is 0 Å². The maximum atomic E-state index is 10.4. The third kappa shape index (κ3) is 2.90. The Morgan fingerprint density at radius 3 is 2.83 bits per heavy atom. The van der Waals surface area contributed by atoms with Gasteiger partial charge in [0.1, 0.15) is 0 Å². The molecule has 0 spiro atoms. The van der Waals surface area contributed by atoms with Crippen LogP contribution in [0.1, 0.15) is 44.3 Å². The van der Waals surface area contributed by atoms with Crippen molar-refractivity contribution in [2.75, 3.05) is 0 Å². The number of benzene rings is 1. The molecule has 0 aliphatic carbocycles. The molecular weight excluding hydrogens is 290 g/mol. The summed E-state index contributed by atoms with van der Waals surface area (Å²) in [5, 5.41) is 11.4. The summed E-state index contributed by atoms with van der Waals surface area (Å²) < 4.78 is 0.894. The first-order valence-corrected chi connectivity index (χ1v) is 7.24. The number of hydrogen-bond donors (Lipinski definition) is 1. The fourth-order valence-corrected chi connectivity index (χ4v) is 2.79. The molecule has 0 aliphatic rings. The Kier molecular flexibility index (Phi) is 4.72. The van der Waals surface area contributed by atoms with E-state index in [2.05, 4.69) is 27.8 Å². The van der Waals surface area contributed by atoms with Gasteiger partial charge in [0, 0.05) is 21.6 Å². The van der Waals surface area contributed by atoms with Crippen LogP contribution in [-0.2, 0) is 0 Å². The third-order valence-electron chi connectivity index (χ3n) is 3.18. The van der Waals surface area contributed by atoms with Crippen molar-refractivity contribution < 1.29 is 5.11 Å². The first-order valence-electron chi connectivity index (χ1n) is 6.45. The molecule has 96 valence electrons. The van der Waals surface area contributed by atoms with Crippen LogP contribution < -0.4 is 0 Å². The summed E-state index contributed by atoms with van der Waals surface area (Å²) in [5.41, 5.74) is 1.90. The standard InChI is InChI=1S/C15H18BrNO/c1-2-3-4-9-14(18)15-11-7-5-6-8-13(11)17-10-12(15)16/h5-8,10,14,18H,2-4,9H2,1H3. The van der Waals surface area contributed by atoms with Crippen molar-refractivity contribution in [2.24, 2.45) is 0 Å². The quantitative estimate of drug-likeness (QED) is 0.818. The lowest BCUT2D eigenvalue weighted by Crippen LogP contribution is -2.01. The number of aromatic nitrogens is 1. The van der Waals surface area contributed by atoms with Crippen LogP contribution in [0, 0.1) is 0 Å². The van der Waals surface area contributed by atoms with E-state index in [1.807, 2.05) is 24.3 Å². The number of para-hydroxylation sites is 1. The fraction of sp³-hybridized carbons (Fsp3) is 0.400. The van der Waals surface area contributed by atoms with Crippen LogP contribution in [0.25, 0.3) is 10.9 Å². The molecule has 1 heterocycles. The minimum Gasteiger partial charge on any atom is -0.388 e. The van der Waals surface area contributed by atoms with E-state index in [4.69, 9.17) is 0 Å². The maximum absolute atomic E-state index is 10.4. The Labute approximate surface area is 116 Å². The van der Waals surface area contributed by atoms with E-state index < -0.39 is 6.10 Å². The smallest absolute Gasteiger partial charge is 0.0808 e. The van der Waals surface area contributed by atoms with Crippen molar-refractivity contribution in [2.45, 2.75) is 38.7 Å². The third-order valence-corrected chi connectivity index (χ3v) is 3.81. The lowest BCUT2D eigenvalue weighted by molar-refractivity contribution is 0.164. The topological polar surface area (TPSA) is 33.1 Å². The maximum Gasteiger partial charge on any atom is 0.0808 e. The van der Waals surface area contributed by atoms with Crippen LogP contribution in [0.15, 0.2) is 34.9 Å². The molecule has 0 aliphatic heterocycles. The number of pyridine rings is 1. The zero-order valence-electron chi connectivity index (χ0n) is 10.6. The van der Waals surface area contributed by atoms with Crippen molar-refractivity contribution in [3.8, 4) is 0 Å². The highest BCUT2D eigenvalue weighted by molar-refractivity contribution is 9.10. The largest absolute Gasteiger partial charge is 0.388 e. The van der Waals surface area contributed by atoms with Gasteiger partial charge in [0.15, 0.2) is 0 Å². The molecule has 1 atom stereocenters. The van der Waals surface area contributed by atoms with E-state index in [-0.39, 0.29) is 0 Å². The number of aliphatic hydroxyl groups excluding tert-OH is 1. The van der Waals surface area contributed by atoms with E-state index in [0.29, 0.717) is 0 Å². The Balaban J connectivity index is 2.33. The second-order valence-corrected chi connectivity index (χ2v) is 5.40. The molecule has 1 aromatic heterocycles. The number of unbranched alkanes of at least 4 members (excludes halogenated alkanes) is 2. The van der Waals surface area contributed by atoms with Crippen molar-refractivity contribution in [3.05, 3.63) is 40.5 Å². The molecule has 0 radical (unpaired) electrons. The molecule has 0 bridgehead atoms. The van der Waals surface area contributed by atoms with Gasteiger partial charge in [-0.15, -0.1) is 0 Å². The highest BCUT2D eigenvalue weighted by atomic mass is 79.9. The van der Waals surface area contributed by atoms with Crippen LogP contribution in [-0.4, -0.2) is 10.1 Å². The van der Waals surface area contributed by atoms with Gasteiger partial charge >= 0.3 is 0 Å². The molecule has 1 aromatic carbocycles. The molecule has 3 heteroatoms. The average Bonchev–Trinajstić information content (AvgIpc) is 2.38. The Hall–Kier alpha value is -0.930. The second kappa shape index (κ2) is 6.30. The summed E-state index contributed by atoms with van der Waals surface area (Å²) in [6.45, 7) is 2.17. The number of fused-ring (bicyclic) bond motifs is 1. The van der Waals surface area contributed by atoms with Crippen molar-refractivity contribution in [3.63, 3.8) is 0 Å². The van der Waals surface area contributed by atoms with E-state index >= 15 is 0 Å². The first kappa shape index (κ1) is 13.5. The second-order valence-electron chi connectivity index (χ2n) is 4.55. The normalized spacial score (nSPS) is 12.8. The Morgan fingerprint density at radius 1 is 1.28 bits per heavy atom. The summed E-state index contributed by atoms with van der Waals surface area (Å²) in [7, 11) is 0. The molecular formula is C15H18BrNO. The van der Waals surface area contributed by atoms with Crippen LogP contribution in [0.5, 0.6) is 0 Å². The van der Waals surface area contributed by atoms with Gasteiger partial charge in [-0.1, -0.05) is 44.4 Å². The number of aliphatic hydroxyl groups is 1. The molecule has 0 saturated heterocycles. The lowest BCUT2D eigenvalue weighted by Gasteiger charge is -2.15. The number of nitrogens with zero attached hydrogens (tertiary/aromatic N) is 1. The van der Waals surface area contributed by atoms with Crippen molar-refractivity contribution >= 4 is 26.8 Å². The van der Waals surface area contributed by atoms with E-state index in [1.54, 1.807) is 6.20 Å². The molecule has 0 fully saturated rings. The minimum absolute atomic E-state index is 0.418. The highest BCUT2D eigenvalue weighted by Gasteiger charge is 2.15. The predicted molar refractivity (Wildman–Crippen MR) is 78.5 cm³/mol. The van der Waals surface area contributed by atoms with E-state index in [9.17, 15) is 5.11 Å². The summed E-state index contributed by atoms with van der Waals surface area (Å²) in [6, 6.07) is 7.95. The van der Waals surface area contributed by atoms with Gasteiger partial charge in [-0.05, 0) is 28.4 Å². The number of halogens is 1. The monoisotopic (exact) mass is 307 g/mol. The zero-order chi connectivity index (χ0) is 13.0. The van der Waals surface area contributed by atoms with Crippen LogP contribution in [0.4, 0.5) is 0 Å². The van der Waals surface area contributed by atoms with E-state index in [1.165, 1.54) is 6.42 Å². The van der Waals surface area contributed by atoms with Gasteiger partial charge < -0.3 is 5.11 Å². The summed E-state index contributed by atoms with van der Waals surface area (Å²) >= 11 is 3.50. The number of hydrogen-bond acceptors (Lipinski definition) is 2. The van der Waals surface area contributed by atoms with Crippen LogP contribution >= 0.6 is 15.9 Å². The average molecular weight is 308 g/mol. The molecule has 2 aromatic rings. The molecule has 1 N–H and O–H groups in total. The van der Waals surface area contributed by atoms with Gasteiger partial charge in [0.25, 0.3) is 0 Å². The molecule has 0 amide bonds. The van der Waals surface area contributed by atoms with Crippen LogP contribution in [0.3, 0.4) is 0 Å². The molecule has 2 rings (SSSR count). The van der Waals surface area contributed by atoms with Gasteiger partial charge in [-0.3, -0.25) is 4.98 Å². The van der Waals surface area contributed by atoms with Gasteiger partial charge in [0.05, 0.1) is 11.6 Å². The molecule has 18 heavy (non-hydrogen) atoms. The van der Waals surface area contributed by atoms with Gasteiger partial charge in [0.2, 0.25) is 0 Å². The molecule has 0 saturated carbocycles. The minimum atomic E-state index is -0.418. The Bertz CT molecular complexity index is 527. The SMILES string of the molecule is CCCCCC(O)c1c(Br)cnc2ccccc12. The Morgan fingerprint density at radius 2 is 2.06 bits per heavy atom. The lowest BCUT2D eigenvalue weighted by atomic mass is 10.00. The molecule has 2 nitrogen and oxygen atoms in total. The first-order chi connectivity index (χ1) is 8.74. The van der Waals surface area contributed by atoms with Crippen molar-refractivity contribution in [1.29, 1.82) is 0 Å². The van der Waals surface area contributed by atoms with E-state index in [0.717, 1.165) is 40.2 Å². The highest BCUT2D eigenvalue weighted by Crippen LogP contribution is 2.32. The fourth-order valence-electron chi connectivity index (χ4n) is 2.21. The summed E-state index contributed by atoms with van der Waals surface area (Å²) in [5.74, 6) is 0. The van der Waals surface area contributed by atoms with Crippen LogP contribution in [0.2, 0.25) is 0 Å². The van der Waals surface area contributed by atoms with Gasteiger partial charge in [-0.2, -0.15) is 0 Å². The number of rotatable bonds is 5. The van der Waals surface area contributed by atoms with Crippen molar-refractivity contribution in [1.82, 2.24) is 4.98 Å².